The number of nitrogen functional groups attached to an aromatic ring is 1. The highest BCUT2D eigenvalue weighted by atomic mass is 32.1. The molecular formula is C13H12N4OS. The maximum absolute atomic E-state index is 12.1. The Morgan fingerprint density at radius 2 is 2.16 bits per heavy atom. The Morgan fingerprint density at radius 1 is 1.37 bits per heavy atom. The molecule has 3 rings (SSSR count). The zero-order valence-corrected chi connectivity index (χ0v) is 11.4. The standard InChI is InChI=1S/C13H12N4OS/c1-7-16-10-5-8(11-6-15-13(14)19-11)3-4-9(10)12(18)17(7)2/h3-6H,1-2H3,(H2,14,15). The van der Waals surface area contributed by atoms with Crippen LogP contribution >= 0.6 is 11.3 Å². The van der Waals surface area contributed by atoms with Gasteiger partial charge in [-0.05, 0) is 24.6 Å². The van der Waals surface area contributed by atoms with E-state index >= 15 is 0 Å². The fourth-order valence-corrected chi connectivity index (χ4v) is 2.64. The number of rotatable bonds is 1. The van der Waals surface area contributed by atoms with Gasteiger partial charge in [-0.25, -0.2) is 9.97 Å². The normalized spacial score (nSPS) is 11.1. The minimum atomic E-state index is -0.0298. The second-order valence-corrected chi connectivity index (χ2v) is 5.38. The van der Waals surface area contributed by atoms with E-state index in [9.17, 15) is 4.79 Å². The van der Waals surface area contributed by atoms with Gasteiger partial charge in [-0.15, -0.1) is 0 Å². The van der Waals surface area contributed by atoms with Gasteiger partial charge in [0.1, 0.15) is 5.82 Å². The number of nitrogens with zero attached hydrogens (tertiary/aromatic N) is 3. The van der Waals surface area contributed by atoms with Crippen molar-refractivity contribution in [2.75, 3.05) is 5.73 Å². The summed E-state index contributed by atoms with van der Waals surface area (Å²) in [6.07, 6.45) is 1.73. The van der Waals surface area contributed by atoms with Crippen LogP contribution < -0.4 is 11.3 Å². The first kappa shape index (κ1) is 11.9. The van der Waals surface area contributed by atoms with Gasteiger partial charge in [-0.1, -0.05) is 17.4 Å². The lowest BCUT2D eigenvalue weighted by Crippen LogP contribution is -2.20. The molecule has 0 bridgehead atoms. The van der Waals surface area contributed by atoms with Gasteiger partial charge in [0.05, 0.1) is 15.8 Å². The summed E-state index contributed by atoms with van der Waals surface area (Å²) in [6, 6.07) is 5.60. The molecule has 0 atom stereocenters. The van der Waals surface area contributed by atoms with E-state index in [4.69, 9.17) is 5.73 Å². The predicted molar refractivity (Wildman–Crippen MR) is 77.2 cm³/mol. The number of nitrogens with two attached hydrogens (primary N) is 1. The summed E-state index contributed by atoms with van der Waals surface area (Å²) in [4.78, 5) is 21.5. The average Bonchev–Trinajstić information content (AvgIpc) is 2.82. The smallest absolute Gasteiger partial charge is 0.261 e. The molecule has 2 aromatic heterocycles. The Kier molecular flexibility index (Phi) is 2.60. The van der Waals surface area contributed by atoms with Gasteiger partial charge >= 0.3 is 0 Å². The largest absolute Gasteiger partial charge is 0.375 e. The van der Waals surface area contributed by atoms with Crippen molar-refractivity contribution in [2.45, 2.75) is 6.92 Å². The van der Waals surface area contributed by atoms with E-state index in [1.165, 1.54) is 11.3 Å². The Balaban J connectivity index is 2.27. The lowest BCUT2D eigenvalue weighted by Gasteiger charge is -2.06. The Bertz CT molecular complexity index is 834. The van der Waals surface area contributed by atoms with Crippen molar-refractivity contribution in [3.8, 4) is 10.4 Å². The molecule has 0 saturated carbocycles. The van der Waals surface area contributed by atoms with E-state index < -0.39 is 0 Å². The number of hydrogen-bond acceptors (Lipinski definition) is 5. The van der Waals surface area contributed by atoms with Crippen molar-refractivity contribution in [1.29, 1.82) is 0 Å². The quantitative estimate of drug-likeness (QED) is 0.734. The molecule has 0 amide bonds. The first-order chi connectivity index (χ1) is 9.06. The SMILES string of the molecule is Cc1nc2cc(-c3cnc(N)s3)ccc2c(=O)n1C. The van der Waals surface area contributed by atoms with Gasteiger partial charge < -0.3 is 5.73 Å². The minimum Gasteiger partial charge on any atom is -0.375 e. The fourth-order valence-electron chi connectivity index (χ4n) is 1.96. The van der Waals surface area contributed by atoms with Crippen molar-refractivity contribution in [2.24, 2.45) is 7.05 Å². The van der Waals surface area contributed by atoms with Crippen molar-refractivity contribution in [3.05, 3.63) is 40.6 Å². The minimum absolute atomic E-state index is 0.0298. The molecule has 0 unspecified atom stereocenters. The number of benzene rings is 1. The molecule has 2 heterocycles. The summed E-state index contributed by atoms with van der Waals surface area (Å²) in [7, 11) is 1.72. The lowest BCUT2D eigenvalue weighted by molar-refractivity contribution is 0.792. The van der Waals surface area contributed by atoms with Crippen LogP contribution in [0.25, 0.3) is 21.3 Å². The van der Waals surface area contributed by atoms with Crippen LogP contribution in [0.5, 0.6) is 0 Å². The average molecular weight is 272 g/mol. The summed E-state index contributed by atoms with van der Waals surface area (Å²) < 4.78 is 1.55. The molecule has 0 aliphatic heterocycles. The molecule has 0 spiro atoms. The van der Waals surface area contributed by atoms with E-state index in [1.54, 1.807) is 23.9 Å². The van der Waals surface area contributed by atoms with Crippen LogP contribution in [0.15, 0.2) is 29.2 Å². The van der Waals surface area contributed by atoms with Gasteiger partial charge in [0.15, 0.2) is 5.13 Å². The van der Waals surface area contributed by atoms with E-state index in [-0.39, 0.29) is 5.56 Å². The van der Waals surface area contributed by atoms with Gasteiger partial charge in [-0.3, -0.25) is 9.36 Å². The maximum atomic E-state index is 12.1. The molecule has 6 heteroatoms. The highest BCUT2D eigenvalue weighted by molar-refractivity contribution is 7.18. The zero-order chi connectivity index (χ0) is 13.6. The van der Waals surface area contributed by atoms with Crippen LogP contribution in [0.4, 0.5) is 5.13 Å². The first-order valence-corrected chi connectivity index (χ1v) is 6.57. The second kappa shape index (κ2) is 4.17. The molecule has 0 aliphatic carbocycles. The summed E-state index contributed by atoms with van der Waals surface area (Å²) in [5, 5.41) is 1.15. The van der Waals surface area contributed by atoms with Crippen LogP contribution in [-0.2, 0) is 7.05 Å². The Labute approximate surface area is 113 Å². The molecule has 0 aliphatic rings. The van der Waals surface area contributed by atoms with Crippen molar-refractivity contribution in [3.63, 3.8) is 0 Å². The molecule has 1 aromatic carbocycles. The van der Waals surface area contributed by atoms with Crippen molar-refractivity contribution < 1.29 is 0 Å². The predicted octanol–water partition coefficient (Wildman–Crippen LogP) is 1.95. The van der Waals surface area contributed by atoms with E-state index in [1.807, 2.05) is 19.1 Å². The molecule has 0 radical (unpaired) electrons. The van der Waals surface area contributed by atoms with Crippen LogP contribution in [0.1, 0.15) is 5.82 Å². The Hall–Kier alpha value is -2.21. The molecular weight excluding hydrogens is 260 g/mol. The summed E-state index contributed by atoms with van der Waals surface area (Å²) >= 11 is 1.42. The van der Waals surface area contributed by atoms with E-state index in [2.05, 4.69) is 9.97 Å². The first-order valence-electron chi connectivity index (χ1n) is 5.75. The second-order valence-electron chi connectivity index (χ2n) is 4.32. The van der Waals surface area contributed by atoms with Gasteiger partial charge in [-0.2, -0.15) is 0 Å². The summed E-state index contributed by atoms with van der Waals surface area (Å²) in [6.45, 7) is 1.82. The molecule has 5 nitrogen and oxygen atoms in total. The zero-order valence-electron chi connectivity index (χ0n) is 10.5. The molecule has 3 aromatic rings. The van der Waals surface area contributed by atoms with E-state index in [0.717, 1.165) is 10.4 Å². The van der Waals surface area contributed by atoms with Crippen molar-refractivity contribution in [1.82, 2.24) is 14.5 Å². The number of anilines is 1. The topological polar surface area (TPSA) is 73.8 Å². The highest BCUT2D eigenvalue weighted by Gasteiger charge is 2.08. The number of hydrogen-bond donors (Lipinski definition) is 1. The number of thiazole rings is 1. The summed E-state index contributed by atoms with van der Waals surface area (Å²) in [5.41, 5.74) is 7.28. The van der Waals surface area contributed by atoms with Crippen LogP contribution in [0.3, 0.4) is 0 Å². The molecule has 19 heavy (non-hydrogen) atoms. The van der Waals surface area contributed by atoms with Crippen molar-refractivity contribution >= 4 is 27.4 Å². The lowest BCUT2D eigenvalue weighted by atomic mass is 10.1. The molecule has 0 saturated heterocycles. The molecule has 2 N–H and O–H groups in total. The number of fused-ring (bicyclic) bond motifs is 1. The van der Waals surface area contributed by atoms with Gasteiger partial charge in [0, 0.05) is 13.2 Å². The van der Waals surface area contributed by atoms with Crippen LogP contribution in [0, 0.1) is 6.92 Å². The fraction of sp³-hybridized carbons (Fsp3) is 0.154. The third-order valence-corrected chi connectivity index (χ3v) is 3.98. The number of aryl methyl sites for hydroxylation is 1. The Morgan fingerprint density at radius 3 is 2.84 bits per heavy atom. The van der Waals surface area contributed by atoms with Gasteiger partial charge in [0.2, 0.25) is 0 Å². The monoisotopic (exact) mass is 272 g/mol. The summed E-state index contributed by atoms with van der Waals surface area (Å²) in [5.74, 6) is 0.693. The van der Waals surface area contributed by atoms with E-state index in [0.29, 0.717) is 21.9 Å². The molecule has 0 fully saturated rings. The van der Waals surface area contributed by atoms with Crippen LogP contribution in [0.2, 0.25) is 0 Å². The third kappa shape index (κ3) is 1.90. The molecule has 96 valence electrons. The van der Waals surface area contributed by atoms with Crippen LogP contribution in [-0.4, -0.2) is 14.5 Å². The highest BCUT2D eigenvalue weighted by Crippen LogP contribution is 2.28. The third-order valence-electron chi connectivity index (χ3n) is 3.11. The van der Waals surface area contributed by atoms with Gasteiger partial charge in [0.25, 0.3) is 5.56 Å². The maximum Gasteiger partial charge on any atom is 0.261 e. The number of aromatic nitrogens is 3.